The summed E-state index contributed by atoms with van der Waals surface area (Å²) in [6.45, 7) is 2.22. The molecule has 0 aromatic heterocycles. The number of nitrogens with zero attached hydrogens (tertiary/aromatic N) is 1. The van der Waals surface area contributed by atoms with Crippen LogP contribution in [-0.2, 0) is 0 Å². The average molecular weight is 344 g/mol. The fourth-order valence-corrected chi connectivity index (χ4v) is 3.14. The number of hydrogen-bond acceptors (Lipinski definition) is 3. The molecule has 0 saturated carbocycles. The first kappa shape index (κ1) is 16.8. The fourth-order valence-electron chi connectivity index (χ4n) is 2.92. The van der Waals surface area contributed by atoms with E-state index in [4.69, 9.17) is 11.6 Å². The highest BCUT2D eigenvalue weighted by Gasteiger charge is 2.16. The second-order valence-electron chi connectivity index (χ2n) is 6.24. The van der Waals surface area contributed by atoms with Gasteiger partial charge in [-0.05, 0) is 63.3 Å². The maximum absolute atomic E-state index is 12.4. The summed E-state index contributed by atoms with van der Waals surface area (Å²) in [5.74, 6) is -0.197. The summed E-state index contributed by atoms with van der Waals surface area (Å²) in [6, 6.07) is 15.4. The summed E-state index contributed by atoms with van der Waals surface area (Å²) in [4.78, 5) is 14.7. The van der Waals surface area contributed by atoms with Gasteiger partial charge in [-0.1, -0.05) is 29.8 Å². The van der Waals surface area contributed by atoms with Gasteiger partial charge in [0.1, 0.15) is 0 Å². The molecule has 3 rings (SSSR count). The number of piperidine rings is 1. The molecule has 126 valence electrons. The lowest BCUT2D eigenvalue weighted by atomic mass is 10.1. The Bertz CT molecular complexity index is 711. The van der Waals surface area contributed by atoms with Crippen LogP contribution >= 0.6 is 11.6 Å². The topological polar surface area (TPSA) is 44.4 Å². The first-order chi connectivity index (χ1) is 11.6. The molecule has 5 heteroatoms. The molecule has 4 nitrogen and oxygen atoms in total. The van der Waals surface area contributed by atoms with E-state index in [-0.39, 0.29) is 5.91 Å². The average Bonchev–Trinajstić information content (AvgIpc) is 2.58. The Hall–Kier alpha value is -2.04. The Morgan fingerprint density at radius 3 is 2.54 bits per heavy atom. The standard InChI is InChI=1S/C19H22ClN3O/c1-23-11-9-14(10-12-23)21-15-5-4-6-16(13-15)22-19(24)17-7-2-3-8-18(17)20/h2-8,13-14,21H,9-12H2,1H3,(H,22,24). The molecule has 2 aromatic carbocycles. The van der Waals surface area contributed by atoms with Gasteiger partial charge in [0, 0.05) is 17.4 Å². The van der Waals surface area contributed by atoms with Crippen LogP contribution in [-0.4, -0.2) is 37.0 Å². The van der Waals surface area contributed by atoms with Crippen molar-refractivity contribution >= 4 is 28.9 Å². The van der Waals surface area contributed by atoms with Crippen LogP contribution in [0.1, 0.15) is 23.2 Å². The van der Waals surface area contributed by atoms with Crippen LogP contribution in [0.3, 0.4) is 0 Å². The molecule has 0 aliphatic carbocycles. The van der Waals surface area contributed by atoms with Crippen molar-refractivity contribution in [3.63, 3.8) is 0 Å². The van der Waals surface area contributed by atoms with E-state index in [2.05, 4.69) is 22.6 Å². The molecular weight excluding hydrogens is 322 g/mol. The number of halogens is 1. The number of nitrogens with one attached hydrogen (secondary N) is 2. The van der Waals surface area contributed by atoms with Crippen molar-refractivity contribution < 1.29 is 4.79 Å². The van der Waals surface area contributed by atoms with Gasteiger partial charge in [-0.25, -0.2) is 0 Å². The Morgan fingerprint density at radius 2 is 1.79 bits per heavy atom. The summed E-state index contributed by atoms with van der Waals surface area (Å²) in [5.41, 5.74) is 2.27. The zero-order valence-corrected chi connectivity index (χ0v) is 14.5. The van der Waals surface area contributed by atoms with E-state index in [1.165, 1.54) is 0 Å². The maximum atomic E-state index is 12.4. The van der Waals surface area contributed by atoms with Crippen molar-refractivity contribution in [2.24, 2.45) is 0 Å². The van der Waals surface area contributed by atoms with Crippen molar-refractivity contribution in [2.45, 2.75) is 18.9 Å². The number of rotatable bonds is 4. The maximum Gasteiger partial charge on any atom is 0.257 e. The lowest BCUT2D eigenvalue weighted by Gasteiger charge is -2.30. The van der Waals surface area contributed by atoms with Gasteiger partial charge in [0.25, 0.3) is 5.91 Å². The summed E-state index contributed by atoms with van der Waals surface area (Å²) >= 11 is 6.08. The van der Waals surface area contributed by atoms with Gasteiger partial charge in [-0.2, -0.15) is 0 Å². The third kappa shape index (κ3) is 4.28. The number of likely N-dealkylation sites (tertiary alicyclic amines) is 1. The van der Waals surface area contributed by atoms with Crippen LogP contribution in [0, 0.1) is 0 Å². The van der Waals surface area contributed by atoms with Crippen LogP contribution in [0.25, 0.3) is 0 Å². The molecule has 0 atom stereocenters. The Labute approximate surface area is 147 Å². The number of anilines is 2. The molecule has 0 spiro atoms. The highest BCUT2D eigenvalue weighted by molar-refractivity contribution is 6.34. The highest BCUT2D eigenvalue weighted by Crippen LogP contribution is 2.21. The van der Waals surface area contributed by atoms with Crippen molar-refractivity contribution in [2.75, 3.05) is 30.8 Å². The van der Waals surface area contributed by atoms with Crippen LogP contribution in [0.15, 0.2) is 48.5 Å². The Balaban J connectivity index is 1.65. The first-order valence-electron chi connectivity index (χ1n) is 8.23. The molecule has 1 heterocycles. The quantitative estimate of drug-likeness (QED) is 0.878. The minimum atomic E-state index is -0.197. The monoisotopic (exact) mass is 343 g/mol. The lowest BCUT2D eigenvalue weighted by Crippen LogP contribution is -2.36. The number of benzene rings is 2. The van der Waals surface area contributed by atoms with Crippen molar-refractivity contribution in [1.29, 1.82) is 0 Å². The molecule has 0 radical (unpaired) electrons. The predicted molar refractivity (Wildman–Crippen MR) is 100.0 cm³/mol. The van der Waals surface area contributed by atoms with Gasteiger partial charge in [0.15, 0.2) is 0 Å². The van der Waals surface area contributed by atoms with Gasteiger partial charge < -0.3 is 15.5 Å². The van der Waals surface area contributed by atoms with E-state index in [1.54, 1.807) is 18.2 Å². The van der Waals surface area contributed by atoms with Gasteiger partial charge in [0.2, 0.25) is 0 Å². The summed E-state index contributed by atoms with van der Waals surface area (Å²) in [6.07, 6.45) is 2.26. The van der Waals surface area contributed by atoms with E-state index in [9.17, 15) is 4.79 Å². The number of hydrogen-bond donors (Lipinski definition) is 2. The molecule has 1 fully saturated rings. The van der Waals surface area contributed by atoms with E-state index in [0.29, 0.717) is 16.6 Å². The molecule has 1 amide bonds. The number of amides is 1. The van der Waals surface area contributed by atoms with E-state index in [1.807, 2.05) is 30.3 Å². The first-order valence-corrected chi connectivity index (χ1v) is 8.60. The normalized spacial score (nSPS) is 15.9. The second-order valence-corrected chi connectivity index (χ2v) is 6.64. The minimum absolute atomic E-state index is 0.197. The highest BCUT2D eigenvalue weighted by atomic mass is 35.5. The number of carbonyl (C=O) groups excluding carboxylic acids is 1. The lowest BCUT2D eigenvalue weighted by molar-refractivity contribution is 0.102. The molecule has 0 unspecified atom stereocenters. The minimum Gasteiger partial charge on any atom is -0.382 e. The van der Waals surface area contributed by atoms with Gasteiger partial charge >= 0.3 is 0 Å². The third-order valence-electron chi connectivity index (χ3n) is 4.33. The van der Waals surface area contributed by atoms with Crippen LogP contribution in [0.5, 0.6) is 0 Å². The van der Waals surface area contributed by atoms with Crippen molar-refractivity contribution in [3.05, 3.63) is 59.1 Å². The predicted octanol–water partition coefficient (Wildman–Crippen LogP) is 4.10. The van der Waals surface area contributed by atoms with Crippen molar-refractivity contribution in [1.82, 2.24) is 4.90 Å². The molecule has 1 saturated heterocycles. The Kier molecular flexibility index (Phi) is 5.38. The summed E-state index contributed by atoms with van der Waals surface area (Å²) in [7, 11) is 2.15. The summed E-state index contributed by atoms with van der Waals surface area (Å²) < 4.78 is 0. The molecule has 2 N–H and O–H groups in total. The molecule has 2 aromatic rings. The van der Waals surface area contributed by atoms with Crippen LogP contribution < -0.4 is 10.6 Å². The van der Waals surface area contributed by atoms with E-state index < -0.39 is 0 Å². The van der Waals surface area contributed by atoms with Crippen LogP contribution in [0.4, 0.5) is 11.4 Å². The van der Waals surface area contributed by atoms with Gasteiger partial charge in [0.05, 0.1) is 10.6 Å². The molecule has 1 aliphatic heterocycles. The molecule has 1 aliphatic rings. The Morgan fingerprint density at radius 1 is 1.08 bits per heavy atom. The van der Waals surface area contributed by atoms with Crippen molar-refractivity contribution in [3.8, 4) is 0 Å². The van der Waals surface area contributed by atoms with Gasteiger partial charge in [-0.15, -0.1) is 0 Å². The van der Waals surface area contributed by atoms with E-state index in [0.717, 1.165) is 37.3 Å². The van der Waals surface area contributed by atoms with E-state index >= 15 is 0 Å². The molecule has 0 bridgehead atoms. The SMILES string of the molecule is CN1CCC(Nc2cccc(NC(=O)c3ccccc3Cl)c2)CC1. The van der Waals surface area contributed by atoms with Gasteiger partial charge in [-0.3, -0.25) is 4.79 Å². The molecular formula is C19H22ClN3O. The molecule has 24 heavy (non-hydrogen) atoms. The fraction of sp³-hybridized carbons (Fsp3) is 0.316. The largest absolute Gasteiger partial charge is 0.382 e. The second kappa shape index (κ2) is 7.69. The third-order valence-corrected chi connectivity index (χ3v) is 4.66. The number of carbonyl (C=O) groups is 1. The summed E-state index contributed by atoms with van der Waals surface area (Å²) in [5, 5.41) is 6.93. The zero-order valence-electron chi connectivity index (χ0n) is 13.8. The smallest absolute Gasteiger partial charge is 0.257 e. The van der Waals surface area contributed by atoms with Crippen LogP contribution in [0.2, 0.25) is 5.02 Å². The zero-order chi connectivity index (χ0) is 16.9.